The Balaban J connectivity index is 1.50. The lowest BCUT2D eigenvalue weighted by atomic mass is 10.2. The van der Waals surface area contributed by atoms with Gasteiger partial charge in [0.15, 0.2) is 5.13 Å². The summed E-state index contributed by atoms with van der Waals surface area (Å²) in [7, 11) is 1.90. The molecule has 0 spiro atoms. The number of nitrogens with one attached hydrogen (secondary N) is 3. The first-order valence-corrected chi connectivity index (χ1v) is 10.6. The molecule has 0 saturated heterocycles. The van der Waals surface area contributed by atoms with Crippen molar-refractivity contribution in [2.75, 3.05) is 31.6 Å². The Hall–Kier alpha value is -2.75. The smallest absolute Gasteiger partial charge is 0.251 e. The molecule has 4 aromatic rings. The van der Waals surface area contributed by atoms with E-state index in [4.69, 9.17) is 11.6 Å². The van der Waals surface area contributed by atoms with Crippen LogP contribution < -0.4 is 16.0 Å². The van der Waals surface area contributed by atoms with Gasteiger partial charge in [0.2, 0.25) is 5.95 Å². The van der Waals surface area contributed by atoms with E-state index < -0.39 is 6.67 Å². The second-order valence-electron chi connectivity index (χ2n) is 6.65. The molecule has 0 atom stereocenters. The fourth-order valence-corrected chi connectivity index (χ4v) is 4.19. The maximum Gasteiger partial charge on any atom is 0.251 e. The zero-order chi connectivity index (χ0) is 21.1. The number of thiazole rings is 1. The number of nitrogens with zero attached hydrogens (tertiary/aromatic N) is 3. The number of hydrogen-bond acceptors (Lipinski definition) is 6. The van der Waals surface area contributed by atoms with Crippen molar-refractivity contribution in [3.63, 3.8) is 0 Å². The van der Waals surface area contributed by atoms with Crippen molar-refractivity contribution < 1.29 is 9.18 Å². The van der Waals surface area contributed by atoms with Crippen LogP contribution in [-0.4, -0.2) is 46.8 Å². The SMILES string of the molecule is Cn1c(Nc2nc3ccc(Cl)cc3s2)nc2cc(C(=O)NCCNCCF)ccc21. The number of anilines is 2. The van der Waals surface area contributed by atoms with Crippen molar-refractivity contribution in [2.45, 2.75) is 0 Å². The number of imidazole rings is 1. The van der Waals surface area contributed by atoms with Crippen molar-refractivity contribution in [1.29, 1.82) is 0 Å². The first kappa shape index (κ1) is 20.5. The molecule has 2 heterocycles. The molecule has 2 aromatic carbocycles. The lowest BCUT2D eigenvalue weighted by Crippen LogP contribution is -2.32. The summed E-state index contributed by atoms with van der Waals surface area (Å²) in [6.45, 7) is 0.801. The molecule has 0 radical (unpaired) electrons. The van der Waals surface area contributed by atoms with Crippen LogP contribution in [0.25, 0.3) is 21.3 Å². The molecular weight excluding hydrogens is 427 g/mol. The molecule has 2 aromatic heterocycles. The number of carbonyl (C=O) groups excluding carboxylic acids is 1. The second kappa shape index (κ2) is 8.95. The van der Waals surface area contributed by atoms with Crippen molar-refractivity contribution in [2.24, 2.45) is 7.05 Å². The van der Waals surface area contributed by atoms with Gasteiger partial charge in [0.25, 0.3) is 5.91 Å². The van der Waals surface area contributed by atoms with Crippen molar-refractivity contribution >= 4 is 61.2 Å². The number of aromatic nitrogens is 3. The molecule has 156 valence electrons. The Bertz CT molecular complexity index is 1210. The van der Waals surface area contributed by atoms with Gasteiger partial charge in [-0.25, -0.2) is 14.4 Å². The molecule has 3 N–H and O–H groups in total. The first-order valence-electron chi connectivity index (χ1n) is 9.39. The number of amides is 1. The molecule has 0 bridgehead atoms. The summed E-state index contributed by atoms with van der Waals surface area (Å²) in [4.78, 5) is 21.5. The average molecular weight is 447 g/mol. The van der Waals surface area contributed by atoms with Gasteiger partial charge >= 0.3 is 0 Å². The van der Waals surface area contributed by atoms with E-state index in [0.717, 1.165) is 15.7 Å². The lowest BCUT2D eigenvalue weighted by Gasteiger charge is -2.06. The number of fused-ring (bicyclic) bond motifs is 2. The standard InChI is InChI=1S/C20H20ClFN6OS/c1-28-16-5-2-12(18(29)24-9-8-23-7-6-22)10-15(16)25-19(28)27-20-26-14-4-3-13(21)11-17(14)30-20/h2-5,10-11,23H,6-9H2,1H3,(H,24,29)(H,25,26,27). The Morgan fingerprint density at radius 3 is 2.83 bits per heavy atom. The molecule has 0 unspecified atom stereocenters. The van der Waals surface area contributed by atoms with Crippen LogP contribution in [0.5, 0.6) is 0 Å². The summed E-state index contributed by atoms with van der Waals surface area (Å²) in [6.07, 6.45) is 0. The normalized spacial score (nSPS) is 11.3. The summed E-state index contributed by atoms with van der Waals surface area (Å²) in [5.74, 6) is 0.435. The fourth-order valence-electron chi connectivity index (χ4n) is 3.06. The molecule has 30 heavy (non-hydrogen) atoms. The van der Waals surface area contributed by atoms with E-state index in [-0.39, 0.29) is 12.5 Å². The van der Waals surface area contributed by atoms with Gasteiger partial charge in [-0.15, -0.1) is 0 Å². The van der Waals surface area contributed by atoms with E-state index in [0.29, 0.717) is 40.3 Å². The van der Waals surface area contributed by atoms with Gasteiger partial charge in [-0.1, -0.05) is 22.9 Å². The fraction of sp³-hybridized carbons (Fsp3) is 0.250. The van der Waals surface area contributed by atoms with Crippen LogP contribution in [0.15, 0.2) is 36.4 Å². The molecule has 0 aliphatic heterocycles. The minimum absolute atomic E-state index is 0.192. The Morgan fingerprint density at radius 1 is 1.13 bits per heavy atom. The van der Waals surface area contributed by atoms with Gasteiger partial charge in [-0.3, -0.25) is 4.79 Å². The van der Waals surface area contributed by atoms with Crippen LogP contribution >= 0.6 is 22.9 Å². The number of aryl methyl sites for hydroxylation is 1. The summed E-state index contributed by atoms with van der Waals surface area (Å²) in [6, 6.07) is 11.0. The number of benzene rings is 2. The van der Waals surface area contributed by atoms with E-state index in [1.807, 2.05) is 35.9 Å². The highest BCUT2D eigenvalue weighted by Crippen LogP contribution is 2.30. The Labute approximate surface area is 181 Å². The third kappa shape index (κ3) is 4.38. The van der Waals surface area contributed by atoms with Crippen LogP contribution in [0.3, 0.4) is 0 Å². The third-order valence-corrected chi connectivity index (χ3v) is 5.74. The molecule has 1 amide bonds. The van der Waals surface area contributed by atoms with Crippen molar-refractivity contribution in [3.05, 3.63) is 47.0 Å². The molecule has 0 aliphatic carbocycles. The van der Waals surface area contributed by atoms with Crippen LogP contribution in [0.2, 0.25) is 5.02 Å². The summed E-state index contributed by atoms with van der Waals surface area (Å²) in [5, 5.41) is 10.3. The topological polar surface area (TPSA) is 83.9 Å². The van der Waals surface area contributed by atoms with Crippen molar-refractivity contribution in [1.82, 2.24) is 25.2 Å². The number of carbonyl (C=O) groups is 1. The highest BCUT2D eigenvalue weighted by atomic mass is 35.5. The van der Waals surface area contributed by atoms with Crippen LogP contribution in [0, 0.1) is 0 Å². The van der Waals surface area contributed by atoms with Gasteiger partial charge in [-0.05, 0) is 36.4 Å². The molecular formula is C20H20ClFN6OS. The first-order chi connectivity index (χ1) is 14.5. The van der Waals surface area contributed by atoms with Gasteiger partial charge in [0.05, 0.1) is 21.3 Å². The van der Waals surface area contributed by atoms with Gasteiger partial charge < -0.3 is 20.5 Å². The predicted molar refractivity (Wildman–Crippen MR) is 120 cm³/mol. The van der Waals surface area contributed by atoms with Gasteiger partial charge in [-0.2, -0.15) is 0 Å². The molecule has 0 aliphatic rings. The quantitative estimate of drug-likeness (QED) is 0.358. The summed E-state index contributed by atoms with van der Waals surface area (Å²) < 4.78 is 15.0. The summed E-state index contributed by atoms with van der Waals surface area (Å²) >= 11 is 7.55. The van der Waals surface area contributed by atoms with Crippen LogP contribution in [0.1, 0.15) is 10.4 Å². The maximum atomic E-state index is 12.3. The summed E-state index contributed by atoms with van der Waals surface area (Å²) in [5.41, 5.74) is 2.98. The number of rotatable bonds is 8. The van der Waals surface area contributed by atoms with Gasteiger partial charge in [0, 0.05) is 37.3 Å². The molecule has 10 heteroatoms. The predicted octanol–water partition coefficient (Wildman–Crippen LogP) is 3.87. The minimum Gasteiger partial charge on any atom is -0.351 e. The highest BCUT2D eigenvalue weighted by Gasteiger charge is 2.13. The lowest BCUT2D eigenvalue weighted by molar-refractivity contribution is 0.0954. The third-order valence-electron chi connectivity index (χ3n) is 4.57. The van der Waals surface area contributed by atoms with E-state index in [2.05, 4.69) is 25.9 Å². The largest absolute Gasteiger partial charge is 0.351 e. The average Bonchev–Trinajstić information content (AvgIpc) is 3.27. The zero-order valence-corrected chi connectivity index (χ0v) is 17.8. The number of hydrogen-bond donors (Lipinski definition) is 3. The van der Waals surface area contributed by atoms with Crippen LogP contribution in [-0.2, 0) is 7.05 Å². The van der Waals surface area contributed by atoms with Gasteiger partial charge in [0.1, 0.15) is 6.67 Å². The number of halogens is 2. The second-order valence-corrected chi connectivity index (χ2v) is 8.12. The van der Waals surface area contributed by atoms with E-state index >= 15 is 0 Å². The molecule has 4 rings (SSSR count). The zero-order valence-electron chi connectivity index (χ0n) is 16.2. The highest BCUT2D eigenvalue weighted by molar-refractivity contribution is 7.22. The molecule has 0 saturated carbocycles. The Morgan fingerprint density at radius 2 is 2.00 bits per heavy atom. The molecule has 0 fully saturated rings. The minimum atomic E-state index is -0.425. The number of alkyl halides is 1. The Kier molecular flexibility index (Phi) is 6.12. The van der Waals surface area contributed by atoms with E-state index in [1.165, 1.54) is 11.3 Å². The van der Waals surface area contributed by atoms with E-state index in [1.54, 1.807) is 12.1 Å². The maximum absolute atomic E-state index is 12.3. The monoisotopic (exact) mass is 446 g/mol. The van der Waals surface area contributed by atoms with Crippen LogP contribution in [0.4, 0.5) is 15.5 Å². The van der Waals surface area contributed by atoms with Crippen molar-refractivity contribution in [3.8, 4) is 0 Å². The molecule has 7 nitrogen and oxygen atoms in total. The van der Waals surface area contributed by atoms with E-state index in [9.17, 15) is 9.18 Å².